The number of Topliss-reactive ketones (excluding diaryl/α,β-unsaturated/α-hetero) is 2. The van der Waals surface area contributed by atoms with E-state index in [0.29, 0.717) is 71.4 Å². The highest BCUT2D eigenvalue weighted by Crippen LogP contribution is 2.68. The molecule has 5 unspecified atom stereocenters. The van der Waals surface area contributed by atoms with Crippen molar-refractivity contribution < 1.29 is 53.5 Å². The van der Waals surface area contributed by atoms with E-state index in [2.05, 4.69) is 25.2 Å². The molecule has 4 bridgehead atoms. The van der Waals surface area contributed by atoms with Gasteiger partial charge in [-0.25, -0.2) is 4.79 Å². The largest absolute Gasteiger partial charge is 0.506 e. The van der Waals surface area contributed by atoms with Crippen molar-refractivity contribution in [2.75, 3.05) is 6.54 Å². The van der Waals surface area contributed by atoms with Gasteiger partial charge < -0.3 is 39.7 Å². The minimum absolute atomic E-state index is 0.00459. The summed E-state index contributed by atoms with van der Waals surface area (Å²) in [5, 5.41) is 34.2. The number of rotatable bonds is 17. The second-order valence-corrected chi connectivity index (χ2v) is 19.0. The number of benzene rings is 1. The highest BCUT2D eigenvalue weighted by Gasteiger charge is 2.81. The fraction of sp³-hybridized carbons (Fsp3) is 0.520. The molecule has 1 aromatic carbocycles. The summed E-state index contributed by atoms with van der Waals surface area (Å²) in [6.45, 7) is 16.1. The summed E-state index contributed by atoms with van der Waals surface area (Å²) in [4.78, 5) is 60.3. The smallest absolute Gasteiger partial charge is 0.333 e. The second-order valence-electron chi connectivity index (χ2n) is 19.0. The summed E-state index contributed by atoms with van der Waals surface area (Å²) < 4.78 is 21.7. The summed E-state index contributed by atoms with van der Waals surface area (Å²) in [5.74, 6) is -2.76. The lowest BCUT2D eigenvalue weighted by molar-refractivity contribution is -0.171. The minimum Gasteiger partial charge on any atom is -0.506 e. The topological polar surface area (TPSA) is 183 Å². The molecule has 0 radical (unpaired) electrons. The van der Waals surface area contributed by atoms with Gasteiger partial charge in [0.05, 0.1) is 11.2 Å². The first-order valence-corrected chi connectivity index (χ1v) is 22.3. The fourth-order valence-corrected chi connectivity index (χ4v) is 10.1. The third-order valence-corrected chi connectivity index (χ3v) is 13.3. The molecule has 4 N–H and O–H groups in total. The predicted octanol–water partition coefficient (Wildman–Crippen LogP) is 8.48. The van der Waals surface area contributed by atoms with Crippen molar-refractivity contribution in [2.45, 2.75) is 148 Å². The normalized spacial score (nSPS) is 25.8. The summed E-state index contributed by atoms with van der Waals surface area (Å²) >= 11 is 0. The first kappa shape index (κ1) is 45.5. The van der Waals surface area contributed by atoms with Gasteiger partial charge in [-0.3, -0.25) is 14.4 Å². The third-order valence-electron chi connectivity index (χ3n) is 13.3. The number of allylic oxidation sites excluding steroid dienone is 5. The number of carbonyl (C=O) groups is 4. The van der Waals surface area contributed by atoms with Crippen molar-refractivity contribution in [1.29, 1.82) is 0 Å². The Morgan fingerprint density at radius 2 is 1.59 bits per heavy atom. The Morgan fingerprint density at radius 3 is 2.29 bits per heavy atom. The van der Waals surface area contributed by atoms with E-state index < -0.39 is 46.0 Å². The Labute approximate surface area is 369 Å². The fourth-order valence-electron chi connectivity index (χ4n) is 10.1. The average Bonchev–Trinajstić information content (AvgIpc) is 3.61. The van der Waals surface area contributed by atoms with Gasteiger partial charge in [-0.2, -0.15) is 0 Å². The number of amides is 1. The Balaban J connectivity index is 1.09. The van der Waals surface area contributed by atoms with Crippen LogP contribution in [0.2, 0.25) is 0 Å². The van der Waals surface area contributed by atoms with Crippen LogP contribution in [0.3, 0.4) is 0 Å². The molecule has 6 aliphatic rings. The molecular weight excluding hydrogens is 805 g/mol. The molecule has 13 heteroatoms. The zero-order chi connectivity index (χ0) is 45.6. The van der Waals surface area contributed by atoms with Crippen LogP contribution in [-0.4, -0.2) is 72.4 Å². The quantitative estimate of drug-likeness (QED) is 0.0680. The average molecular weight is 867 g/mol. The van der Waals surface area contributed by atoms with Crippen molar-refractivity contribution in [1.82, 2.24) is 10.0 Å². The zero-order valence-electron chi connectivity index (χ0n) is 37.8. The van der Waals surface area contributed by atoms with Crippen LogP contribution in [0, 0.1) is 11.8 Å². The van der Waals surface area contributed by atoms with Crippen LogP contribution in [-0.2, 0) is 25.5 Å². The van der Waals surface area contributed by atoms with Crippen molar-refractivity contribution >= 4 is 29.5 Å². The van der Waals surface area contributed by atoms with Gasteiger partial charge in [0, 0.05) is 60.1 Å². The number of phenolic OH excluding ortho intramolecular Hbond substituents is 1. The van der Waals surface area contributed by atoms with Crippen LogP contribution in [0.1, 0.15) is 141 Å². The standard InChI is InChI=1S/C50H62N2O11/c1-29(2)15-14-23-48(8)24-22-33-41(56)40-42(57)35-27-32-28-36-47(6,7)63-49(45(32)58,50(35,36)61-44(40)34(43(33)60-48)18-17-30(3)4)25-21-31(5)46(59)51-26-13-11-9-10-12-16-39(55)62-52-37(53)19-20-38(52)54/h15,17,19-22,24,27,32,36,53-54,56H,9-14,16,18,23,25-26,28H2,1-8H3,(H,51,59). The maximum Gasteiger partial charge on any atom is 0.333 e. The number of ketones is 2. The maximum atomic E-state index is 15.1. The van der Waals surface area contributed by atoms with Gasteiger partial charge in [0.2, 0.25) is 17.7 Å². The van der Waals surface area contributed by atoms with Crippen LogP contribution >= 0.6 is 0 Å². The number of phenols is 1. The van der Waals surface area contributed by atoms with E-state index in [1.54, 1.807) is 19.1 Å². The van der Waals surface area contributed by atoms with Crippen molar-refractivity contribution in [3.63, 3.8) is 0 Å². The predicted molar refractivity (Wildman–Crippen MR) is 237 cm³/mol. The molecular formula is C50H62N2O11. The molecule has 5 atom stereocenters. The van der Waals surface area contributed by atoms with E-state index in [1.807, 2.05) is 52.8 Å². The van der Waals surface area contributed by atoms with Gasteiger partial charge >= 0.3 is 5.97 Å². The van der Waals surface area contributed by atoms with Crippen LogP contribution in [0.4, 0.5) is 0 Å². The second kappa shape index (κ2) is 17.2. The van der Waals surface area contributed by atoms with Crippen LogP contribution in [0.5, 0.6) is 29.0 Å². The number of fused-ring (bicyclic) bond motifs is 2. The SMILES string of the molecule is CC(C)=CCCC1(C)C=Cc2c(O)c3c(c(CC=C(C)C)c2O1)OC12C(=CC4CC1C(C)(C)OC2(CC=C(C)C(=O)NCCCCCCCC(=O)On1c(O)ccc1O)C4=O)C3=O. The van der Waals surface area contributed by atoms with Gasteiger partial charge in [0.1, 0.15) is 28.4 Å². The van der Waals surface area contributed by atoms with E-state index in [0.717, 1.165) is 31.3 Å². The van der Waals surface area contributed by atoms with Crippen molar-refractivity contribution in [3.8, 4) is 29.0 Å². The molecule has 1 spiro atoms. The van der Waals surface area contributed by atoms with Crippen LogP contribution < -0.4 is 19.6 Å². The van der Waals surface area contributed by atoms with E-state index in [1.165, 1.54) is 17.7 Å². The van der Waals surface area contributed by atoms with Gasteiger partial charge in [-0.05, 0) is 106 Å². The number of ether oxygens (including phenoxy) is 3. The number of unbranched alkanes of at least 4 members (excludes halogenated alkanes) is 4. The minimum atomic E-state index is -1.63. The number of hydrogen-bond donors (Lipinski definition) is 4. The number of carbonyl (C=O) groups excluding carboxylic acids is 4. The van der Waals surface area contributed by atoms with Gasteiger partial charge in [-0.1, -0.05) is 54.7 Å². The van der Waals surface area contributed by atoms with E-state index >= 15 is 4.79 Å². The Kier molecular flexibility index (Phi) is 12.4. The molecule has 13 nitrogen and oxygen atoms in total. The third kappa shape index (κ3) is 8.13. The molecule has 2 aromatic rings. The van der Waals surface area contributed by atoms with Gasteiger partial charge in [0.15, 0.2) is 22.8 Å². The van der Waals surface area contributed by atoms with E-state index in [9.17, 15) is 29.7 Å². The Hall–Kier alpha value is -5.56. The van der Waals surface area contributed by atoms with Gasteiger partial charge in [0.25, 0.3) is 0 Å². The summed E-state index contributed by atoms with van der Waals surface area (Å²) in [6.07, 6.45) is 17.5. The molecule has 3 aliphatic heterocycles. The summed E-state index contributed by atoms with van der Waals surface area (Å²) in [6, 6.07) is 2.44. The van der Waals surface area contributed by atoms with Crippen LogP contribution in [0.25, 0.3) is 6.08 Å². The monoisotopic (exact) mass is 866 g/mol. The number of nitrogens with zero attached hydrogens (tertiary/aromatic N) is 1. The molecule has 4 heterocycles. The lowest BCUT2D eigenvalue weighted by Crippen LogP contribution is -2.72. The molecule has 8 rings (SSSR count). The zero-order valence-corrected chi connectivity index (χ0v) is 37.8. The summed E-state index contributed by atoms with van der Waals surface area (Å²) in [5.41, 5.74) is -0.682. The number of aromatic nitrogens is 1. The lowest BCUT2D eigenvalue weighted by atomic mass is 9.51. The molecule has 1 amide bonds. The summed E-state index contributed by atoms with van der Waals surface area (Å²) in [7, 11) is 0. The Bertz CT molecular complexity index is 2350. The first-order valence-electron chi connectivity index (χ1n) is 22.3. The van der Waals surface area contributed by atoms with Gasteiger partial charge in [-0.15, -0.1) is 4.73 Å². The molecule has 1 saturated heterocycles. The van der Waals surface area contributed by atoms with E-state index in [4.69, 9.17) is 19.0 Å². The highest BCUT2D eigenvalue weighted by atomic mass is 16.7. The van der Waals surface area contributed by atoms with Crippen molar-refractivity contribution in [3.05, 3.63) is 81.5 Å². The molecule has 338 valence electrons. The molecule has 1 aromatic heterocycles. The van der Waals surface area contributed by atoms with E-state index in [-0.39, 0.29) is 53.4 Å². The lowest BCUT2D eigenvalue weighted by Gasteiger charge is -2.56. The van der Waals surface area contributed by atoms with Crippen LogP contribution in [0.15, 0.2) is 64.8 Å². The maximum absolute atomic E-state index is 15.1. The highest BCUT2D eigenvalue weighted by molar-refractivity contribution is 6.19. The molecule has 3 aliphatic carbocycles. The molecule has 1 saturated carbocycles. The number of nitrogens with one attached hydrogen (secondary N) is 1. The Morgan fingerprint density at radius 1 is 0.905 bits per heavy atom. The number of aromatic hydroxyl groups is 3. The number of hydrogen-bond acceptors (Lipinski definition) is 11. The van der Waals surface area contributed by atoms with Crippen molar-refractivity contribution in [2.24, 2.45) is 11.8 Å². The first-order chi connectivity index (χ1) is 29.7. The molecule has 63 heavy (non-hydrogen) atoms. The molecule has 2 fully saturated rings.